The van der Waals surface area contributed by atoms with Crippen LogP contribution in [0.3, 0.4) is 0 Å². The second-order valence-corrected chi connectivity index (χ2v) is 8.77. The largest absolute Gasteiger partial charge is 0.486 e. The molecule has 7 heteroatoms. The quantitative estimate of drug-likeness (QED) is 0.320. The molecule has 0 spiro atoms. The monoisotopic (exact) mass is 427 g/mol. The smallest absolute Gasteiger partial charge is 0.192 e. The van der Waals surface area contributed by atoms with Crippen LogP contribution in [-0.4, -0.2) is 25.8 Å². The summed E-state index contributed by atoms with van der Waals surface area (Å²) < 4.78 is 21.0. The fourth-order valence-corrected chi connectivity index (χ4v) is 3.82. The standard InChI is InChI=1S/C23H26FN3O2S/c1-16(2)13-14-27-21(15-29-20-7-5-4-6-8-20)25-26-23(27)30-17(3)22(28)18-9-11-19(24)12-10-18/h4-12,16-17H,13-15H2,1-3H3. The summed E-state index contributed by atoms with van der Waals surface area (Å²) in [5.74, 6) is 1.59. The van der Waals surface area contributed by atoms with E-state index < -0.39 is 0 Å². The molecule has 0 amide bonds. The number of rotatable bonds is 10. The lowest BCUT2D eigenvalue weighted by atomic mass is 10.1. The van der Waals surface area contributed by atoms with Gasteiger partial charge in [-0.1, -0.05) is 43.8 Å². The lowest BCUT2D eigenvalue weighted by Gasteiger charge is -2.14. The first-order valence-electron chi connectivity index (χ1n) is 10.0. The van der Waals surface area contributed by atoms with Gasteiger partial charge in [-0.05, 0) is 55.7 Å². The van der Waals surface area contributed by atoms with E-state index in [4.69, 9.17) is 4.74 Å². The molecule has 158 valence electrons. The Morgan fingerprint density at radius 2 is 1.77 bits per heavy atom. The van der Waals surface area contributed by atoms with Crippen molar-refractivity contribution < 1.29 is 13.9 Å². The maximum absolute atomic E-state index is 13.1. The topological polar surface area (TPSA) is 57.0 Å². The van der Waals surface area contributed by atoms with E-state index >= 15 is 0 Å². The van der Waals surface area contributed by atoms with E-state index in [9.17, 15) is 9.18 Å². The zero-order valence-electron chi connectivity index (χ0n) is 17.4. The molecule has 0 fully saturated rings. The average molecular weight is 428 g/mol. The highest BCUT2D eigenvalue weighted by Gasteiger charge is 2.21. The predicted molar refractivity (Wildman–Crippen MR) is 116 cm³/mol. The van der Waals surface area contributed by atoms with E-state index in [1.54, 1.807) is 0 Å². The van der Waals surface area contributed by atoms with Gasteiger partial charge in [-0.2, -0.15) is 0 Å². The highest BCUT2D eigenvalue weighted by Crippen LogP contribution is 2.26. The normalized spacial score (nSPS) is 12.2. The number of nitrogens with zero attached hydrogens (tertiary/aromatic N) is 3. The van der Waals surface area contributed by atoms with Crippen LogP contribution in [0.5, 0.6) is 5.75 Å². The van der Waals surface area contributed by atoms with Gasteiger partial charge in [0.15, 0.2) is 16.8 Å². The van der Waals surface area contributed by atoms with Crippen LogP contribution < -0.4 is 4.74 Å². The summed E-state index contributed by atoms with van der Waals surface area (Å²) in [6.45, 7) is 7.21. The zero-order chi connectivity index (χ0) is 21.5. The van der Waals surface area contributed by atoms with Crippen molar-refractivity contribution in [3.05, 3.63) is 71.8 Å². The SMILES string of the molecule is CC(C)CCn1c(COc2ccccc2)nnc1SC(C)C(=O)c1ccc(F)cc1. The van der Waals surface area contributed by atoms with Gasteiger partial charge in [-0.15, -0.1) is 10.2 Å². The maximum atomic E-state index is 13.1. The Labute approximate surface area is 180 Å². The van der Waals surface area contributed by atoms with Crippen LogP contribution in [0.25, 0.3) is 0 Å². The van der Waals surface area contributed by atoms with Gasteiger partial charge < -0.3 is 9.30 Å². The van der Waals surface area contributed by atoms with Gasteiger partial charge in [0, 0.05) is 12.1 Å². The molecular weight excluding hydrogens is 401 g/mol. The minimum Gasteiger partial charge on any atom is -0.486 e. The van der Waals surface area contributed by atoms with Crippen LogP contribution in [0.15, 0.2) is 59.8 Å². The van der Waals surface area contributed by atoms with Crippen LogP contribution in [0.1, 0.15) is 43.4 Å². The molecule has 1 unspecified atom stereocenters. The van der Waals surface area contributed by atoms with Crippen molar-refractivity contribution in [1.82, 2.24) is 14.8 Å². The van der Waals surface area contributed by atoms with E-state index in [-0.39, 0.29) is 16.9 Å². The molecule has 0 aliphatic heterocycles. The number of ether oxygens (including phenoxy) is 1. The molecule has 3 aromatic rings. The van der Waals surface area contributed by atoms with Gasteiger partial charge in [0.1, 0.15) is 18.2 Å². The van der Waals surface area contributed by atoms with E-state index in [0.29, 0.717) is 23.2 Å². The number of hydrogen-bond acceptors (Lipinski definition) is 5. The van der Waals surface area contributed by atoms with Gasteiger partial charge in [0.05, 0.1) is 5.25 Å². The summed E-state index contributed by atoms with van der Waals surface area (Å²) in [7, 11) is 0. The van der Waals surface area contributed by atoms with E-state index in [1.807, 2.05) is 41.8 Å². The first-order valence-corrected chi connectivity index (χ1v) is 10.9. The lowest BCUT2D eigenvalue weighted by Crippen LogP contribution is -2.16. The molecule has 3 rings (SSSR count). The number of thioether (sulfide) groups is 1. The number of para-hydroxylation sites is 1. The molecule has 5 nitrogen and oxygen atoms in total. The maximum Gasteiger partial charge on any atom is 0.192 e. The number of halogens is 1. The molecule has 0 bridgehead atoms. The van der Waals surface area contributed by atoms with Gasteiger partial charge in [-0.25, -0.2) is 4.39 Å². The predicted octanol–water partition coefficient (Wildman–Crippen LogP) is 5.41. The number of carbonyl (C=O) groups excluding carboxylic acids is 1. The number of carbonyl (C=O) groups is 1. The first-order chi connectivity index (χ1) is 14.4. The molecule has 1 aromatic heterocycles. The van der Waals surface area contributed by atoms with Crippen LogP contribution in [-0.2, 0) is 13.2 Å². The molecule has 0 aliphatic rings. The van der Waals surface area contributed by atoms with Crippen molar-refractivity contribution in [1.29, 1.82) is 0 Å². The Hall–Kier alpha value is -2.67. The highest BCUT2D eigenvalue weighted by atomic mass is 32.2. The van der Waals surface area contributed by atoms with Gasteiger partial charge in [0.2, 0.25) is 0 Å². The van der Waals surface area contributed by atoms with Crippen molar-refractivity contribution in [2.75, 3.05) is 0 Å². The zero-order valence-corrected chi connectivity index (χ0v) is 18.2. The summed E-state index contributed by atoms with van der Waals surface area (Å²) in [5, 5.41) is 8.94. The van der Waals surface area contributed by atoms with Crippen molar-refractivity contribution >= 4 is 17.5 Å². The van der Waals surface area contributed by atoms with Gasteiger partial charge in [-0.3, -0.25) is 4.79 Å². The summed E-state index contributed by atoms with van der Waals surface area (Å²) in [6, 6.07) is 15.2. The highest BCUT2D eigenvalue weighted by molar-refractivity contribution is 8.00. The third-order valence-corrected chi connectivity index (χ3v) is 5.70. The first kappa shape index (κ1) is 22.0. The molecule has 0 saturated heterocycles. The van der Waals surface area contributed by atoms with Gasteiger partial charge in [0.25, 0.3) is 0 Å². The van der Waals surface area contributed by atoms with Crippen molar-refractivity contribution in [3.8, 4) is 5.75 Å². The molecule has 2 aromatic carbocycles. The van der Waals surface area contributed by atoms with Crippen molar-refractivity contribution in [2.45, 2.75) is 50.8 Å². The molecule has 0 aliphatic carbocycles. The second-order valence-electron chi connectivity index (χ2n) is 7.47. The molecule has 30 heavy (non-hydrogen) atoms. The molecular formula is C23H26FN3O2S. The van der Waals surface area contributed by atoms with E-state index in [1.165, 1.54) is 36.0 Å². The average Bonchev–Trinajstić information content (AvgIpc) is 3.12. The number of benzene rings is 2. The minimum atomic E-state index is -0.375. The van der Waals surface area contributed by atoms with Crippen molar-refractivity contribution in [3.63, 3.8) is 0 Å². The van der Waals surface area contributed by atoms with Crippen LogP contribution >= 0.6 is 11.8 Å². The molecule has 0 N–H and O–H groups in total. The number of ketones is 1. The van der Waals surface area contributed by atoms with Crippen LogP contribution in [0.4, 0.5) is 4.39 Å². The summed E-state index contributed by atoms with van der Waals surface area (Å²) in [4.78, 5) is 12.7. The Bertz CT molecular complexity index is 958. The van der Waals surface area contributed by atoms with Crippen LogP contribution in [0.2, 0.25) is 0 Å². The summed E-state index contributed by atoms with van der Waals surface area (Å²) in [5.41, 5.74) is 0.484. The summed E-state index contributed by atoms with van der Waals surface area (Å²) >= 11 is 1.36. The third-order valence-electron chi connectivity index (χ3n) is 4.61. The van der Waals surface area contributed by atoms with Crippen molar-refractivity contribution in [2.24, 2.45) is 5.92 Å². The van der Waals surface area contributed by atoms with Crippen LogP contribution in [0, 0.1) is 11.7 Å². The Morgan fingerprint density at radius 1 is 1.07 bits per heavy atom. The fourth-order valence-electron chi connectivity index (χ4n) is 2.85. The minimum absolute atomic E-state index is 0.0690. The third kappa shape index (κ3) is 5.92. The van der Waals surface area contributed by atoms with Gasteiger partial charge >= 0.3 is 0 Å². The fraction of sp³-hybridized carbons (Fsp3) is 0.348. The molecule has 0 radical (unpaired) electrons. The lowest BCUT2D eigenvalue weighted by molar-refractivity contribution is 0.0993. The van der Waals surface area contributed by atoms with E-state index in [0.717, 1.165) is 24.5 Å². The Balaban J connectivity index is 1.74. The number of aromatic nitrogens is 3. The summed E-state index contributed by atoms with van der Waals surface area (Å²) in [6.07, 6.45) is 0.963. The molecule has 0 saturated carbocycles. The Morgan fingerprint density at radius 3 is 2.43 bits per heavy atom. The molecule has 1 atom stereocenters. The molecule has 1 heterocycles. The second kappa shape index (κ2) is 10.4. The number of Topliss-reactive ketones (excluding diaryl/α,β-unsaturated/α-hetero) is 1. The number of hydrogen-bond donors (Lipinski definition) is 0. The van der Waals surface area contributed by atoms with E-state index in [2.05, 4.69) is 24.0 Å². The Kier molecular flexibility index (Phi) is 7.63.